The Morgan fingerprint density at radius 2 is 1.68 bits per heavy atom. The molecule has 0 radical (unpaired) electrons. The van der Waals surface area contributed by atoms with Gasteiger partial charge >= 0.3 is 0 Å². The van der Waals surface area contributed by atoms with Gasteiger partial charge in [-0.3, -0.25) is 4.79 Å². The van der Waals surface area contributed by atoms with Crippen LogP contribution in [-0.2, 0) is 16.6 Å². The molecule has 150 valence electrons. The maximum absolute atomic E-state index is 13.8. The quantitative estimate of drug-likeness (QED) is 0.667. The minimum absolute atomic E-state index is 0.0130. The third-order valence-corrected chi connectivity index (χ3v) is 60.4. The van der Waals surface area contributed by atoms with Gasteiger partial charge in [0.15, 0.2) is 0 Å². The third kappa shape index (κ3) is 1.54. The number of carbonyl (C=O) groups excluding carboxylic acids is 1. The van der Waals surface area contributed by atoms with Gasteiger partial charge in [0, 0.05) is 22.3 Å². The molecule has 2 N–H and O–H groups in total. The van der Waals surface area contributed by atoms with E-state index < -0.39 is 27.7 Å². The van der Waals surface area contributed by atoms with Crippen molar-refractivity contribution in [1.29, 1.82) is 0 Å². The SMILES string of the molecule is C[Si]1(C)C2(C3CCC(C3)C2(C(N)=O)c2cccc3c2C=CC3)[Si](C)(C)[Si]1(C)C. The van der Waals surface area contributed by atoms with E-state index in [4.69, 9.17) is 5.73 Å². The molecule has 3 fully saturated rings. The van der Waals surface area contributed by atoms with Crippen LogP contribution in [-0.4, -0.2) is 28.2 Å². The molecule has 5 heteroatoms. The number of fused-ring (bicyclic) bond motifs is 4. The third-order valence-electron chi connectivity index (χ3n) is 11.0. The van der Waals surface area contributed by atoms with Crippen LogP contribution in [0.25, 0.3) is 6.08 Å². The molecule has 3 atom stereocenters. The first-order chi connectivity index (χ1) is 13.0. The number of benzene rings is 1. The highest BCUT2D eigenvalue weighted by Crippen LogP contribution is 2.84. The maximum Gasteiger partial charge on any atom is 0.228 e. The lowest BCUT2D eigenvalue weighted by atomic mass is 9.65. The molecule has 2 nitrogen and oxygen atoms in total. The molecule has 28 heavy (non-hydrogen) atoms. The van der Waals surface area contributed by atoms with Gasteiger partial charge in [0.1, 0.15) is 0 Å². The Hall–Kier alpha value is -0.919. The summed E-state index contributed by atoms with van der Waals surface area (Å²) in [5.74, 6) is 1.20. The summed E-state index contributed by atoms with van der Waals surface area (Å²) in [7, 11) is -4.57. The second-order valence-corrected chi connectivity index (χ2v) is 39.9. The molecular weight excluding hydrogens is 391 g/mol. The zero-order valence-electron chi connectivity index (χ0n) is 18.4. The summed E-state index contributed by atoms with van der Waals surface area (Å²) in [6, 6.07) is 6.75. The van der Waals surface area contributed by atoms with E-state index in [1.165, 1.54) is 36.0 Å². The number of amides is 1. The first-order valence-electron chi connectivity index (χ1n) is 11.1. The molecule has 3 aliphatic carbocycles. The number of carbonyl (C=O) groups is 1. The molecule has 1 aromatic carbocycles. The number of hydrogen-bond acceptors (Lipinski definition) is 1. The van der Waals surface area contributed by atoms with Crippen molar-refractivity contribution in [3.05, 3.63) is 41.0 Å². The van der Waals surface area contributed by atoms with Gasteiger partial charge in [-0.05, 0) is 52.5 Å². The second-order valence-electron chi connectivity index (χ2n) is 11.5. The van der Waals surface area contributed by atoms with Gasteiger partial charge in [-0.25, -0.2) is 0 Å². The molecular formula is C23H35NOSi3. The highest BCUT2D eigenvalue weighted by Gasteiger charge is 2.90. The van der Waals surface area contributed by atoms with Gasteiger partial charge in [-0.1, -0.05) is 76.1 Å². The van der Waals surface area contributed by atoms with Crippen LogP contribution in [0.5, 0.6) is 0 Å². The zero-order chi connectivity index (χ0) is 20.3. The van der Waals surface area contributed by atoms with Crippen molar-refractivity contribution in [3.63, 3.8) is 0 Å². The molecule has 1 saturated heterocycles. The normalized spacial score (nSPS) is 37.1. The van der Waals surface area contributed by atoms with E-state index in [0.29, 0.717) is 5.92 Å². The van der Waals surface area contributed by atoms with Crippen molar-refractivity contribution in [2.75, 3.05) is 0 Å². The van der Waals surface area contributed by atoms with E-state index in [1.54, 1.807) is 0 Å². The average molecular weight is 426 g/mol. The number of hydrogen-bond donors (Lipinski definition) is 1. The predicted molar refractivity (Wildman–Crippen MR) is 126 cm³/mol. The number of nitrogens with two attached hydrogens (primary N) is 1. The summed E-state index contributed by atoms with van der Waals surface area (Å²) in [5, 5.41) is 0. The van der Waals surface area contributed by atoms with Crippen molar-refractivity contribution in [3.8, 4) is 0 Å². The predicted octanol–water partition coefficient (Wildman–Crippen LogP) is 4.98. The molecule has 2 saturated carbocycles. The molecule has 5 rings (SSSR count). The monoisotopic (exact) mass is 425 g/mol. The Balaban J connectivity index is 1.90. The number of rotatable bonds is 2. The van der Waals surface area contributed by atoms with Gasteiger partial charge in [0.05, 0.1) is 5.41 Å². The Morgan fingerprint density at radius 1 is 1.04 bits per heavy atom. The van der Waals surface area contributed by atoms with E-state index in [1.807, 2.05) is 0 Å². The van der Waals surface area contributed by atoms with Crippen LogP contribution in [0.2, 0.25) is 43.9 Å². The summed E-state index contributed by atoms with van der Waals surface area (Å²) in [5.41, 5.74) is 10.2. The summed E-state index contributed by atoms with van der Waals surface area (Å²) in [6.07, 6.45) is 9.34. The largest absolute Gasteiger partial charge is 0.369 e. The summed E-state index contributed by atoms with van der Waals surface area (Å²) >= 11 is 0. The van der Waals surface area contributed by atoms with Crippen LogP contribution in [0.1, 0.15) is 36.0 Å². The van der Waals surface area contributed by atoms with Crippen LogP contribution in [0.3, 0.4) is 0 Å². The first kappa shape index (κ1) is 19.1. The highest BCUT2D eigenvalue weighted by molar-refractivity contribution is 7.79. The van der Waals surface area contributed by atoms with Gasteiger partial charge < -0.3 is 5.73 Å². The van der Waals surface area contributed by atoms with Crippen LogP contribution in [0.15, 0.2) is 24.3 Å². The average Bonchev–Trinajstić information content (AvgIpc) is 3.33. The molecule has 1 aromatic rings. The van der Waals surface area contributed by atoms with Crippen LogP contribution < -0.4 is 5.73 Å². The fourth-order valence-electron chi connectivity index (χ4n) is 9.50. The standard InChI is InChI=1S/C23H35NOSi3/c1-26(2)23(27(3,4)28(26,5)6)18-14-13-17(15-18)22(23,21(24)25)20-12-8-10-16-9-7-11-19(16)20/h7-8,10-12,17-18H,9,13-15H2,1-6H3,(H2,24,25). The smallest absolute Gasteiger partial charge is 0.228 e. The Bertz CT molecular complexity index is 914. The molecule has 1 amide bonds. The van der Waals surface area contributed by atoms with Crippen molar-refractivity contribution < 1.29 is 4.79 Å². The van der Waals surface area contributed by atoms with Crippen LogP contribution >= 0.6 is 0 Å². The molecule has 4 aliphatic rings. The maximum atomic E-state index is 13.8. The molecule has 3 unspecified atom stereocenters. The van der Waals surface area contributed by atoms with Crippen LogP contribution in [0, 0.1) is 11.8 Å². The Kier molecular flexibility index (Phi) is 3.55. The van der Waals surface area contributed by atoms with Gasteiger partial charge in [0.2, 0.25) is 5.91 Å². The first-order valence-corrected chi connectivity index (χ1v) is 22.1. The summed E-state index contributed by atoms with van der Waals surface area (Å²) in [4.78, 5) is 13.8. The van der Waals surface area contributed by atoms with Crippen LogP contribution in [0.4, 0.5) is 0 Å². The summed E-state index contributed by atoms with van der Waals surface area (Å²) < 4.78 is 0.239. The lowest BCUT2D eigenvalue weighted by Gasteiger charge is -2.81. The zero-order valence-corrected chi connectivity index (χ0v) is 21.4. The lowest BCUT2D eigenvalue weighted by Crippen LogP contribution is -2.96. The van der Waals surface area contributed by atoms with Crippen molar-refractivity contribution in [2.45, 2.75) is 75.0 Å². The fraction of sp³-hybridized carbons (Fsp3) is 0.609. The number of primary amides is 1. The Morgan fingerprint density at radius 3 is 2.32 bits per heavy atom. The Labute approximate surface area is 172 Å². The minimum Gasteiger partial charge on any atom is -0.369 e. The second kappa shape index (κ2) is 5.22. The summed E-state index contributed by atoms with van der Waals surface area (Å²) in [6.45, 7) is 16.0. The molecule has 1 aliphatic heterocycles. The molecule has 2 bridgehead atoms. The van der Waals surface area contributed by atoms with Gasteiger partial charge in [-0.15, -0.1) is 0 Å². The highest BCUT2D eigenvalue weighted by atomic mass is 29.7. The molecule has 1 heterocycles. The number of allylic oxidation sites excluding steroid dienone is 1. The van der Waals surface area contributed by atoms with Crippen molar-refractivity contribution >= 4 is 34.3 Å². The fourth-order valence-corrected chi connectivity index (χ4v) is 63.3. The van der Waals surface area contributed by atoms with Crippen molar-refractivity contribution in [2.24, 2.45) is 17.6 Å². The van der Waals surface area contributed by atoms with Gasteiger partial charge in [0.25, 0.3) is 0 Å². The minimum atomic E-state index is -1.62. The van der Waals surface area contributed by atoms with E-state index in [0.717, 1.165) is 12.3 Å². The van der Waals surface area contributed by atoms with Crippen molar-refractivity contribution in [1.82, 2.24) is 0 Å². The van der Waals surface area contributed by atoms with E-state index in [-0.39, 0.29) is 10.6 Å². The van der Waals surface area contributed by atoms with Gasteiger partial charge in [-0.2, -0.15) is 0 Å². The molecule has 1 spiro atoms. The van der Waals surface area contributed by atoms with E-state index in [9.17, 15) is 4.79 Å². The lowest BCUT2D eigenvalue weighted by molar-refractivity contribution is -0.126. The van der Waals surface area contributed by atoms with E-state index >= 15 is 0 Å². The topological polar surface area (TPSA) is 43.1 Å². The molecule has 0 aromatic heterocycles. The van der Waals surface area contributed by atoms with E-state index in [2.05, 4.69) is 69.6 Å².